The predicted octanol–water partition coefficient (Wildman–Crippen LogP) is 3.74. The molecule has 0 saturated heterocycles. The van der Waals surface area contributed by atoms with Crippen LogP contribution in [0.15, 0.2) is 59.5 Å². The molecule has 98 valence electrons. The van der Waals surface area contributed by atoms with Crippen molar-refractivity contribution in [1.82, 2.24) is 0 Å². The van der Waals surface area contributed by atoms with Crippen LogP contribution in [0.1, 0.15) is 0 Å². The highest BCUT2D eigenvalue weighted by molar-refractivity contribution is 8.00. The maximum absolute atomic E-state index is 11.0. The molecule has 0 unspecified atom stereocenters. The molecule has 0 heterocycles. The number of hydrogen-bond donors (Lipinski definition) is 0. The molecule has 0 fully saturated rings. The van der Waals surface area contributed by atoms with Gasteiger partial charge in [0, 0.05) is 4.90 Å². The molecule has 19 heavy (non-hydrogen) atoms. The van der Waals surface area contributed by atoms with Crippen molar-refractivity contribution in [3.05, 3.63) is 54.6 Å². The lowest BCUT2D eigenvalue weighted by Crippen LogP contribution is -2.02. The van der Waals surface area contributed by atoms with Crippen LogP contribution in [0.3, 0.4) is 0 Å². The lowest BCUT2D eigenvalue weighted by atomic mass is 10.3. The maximum Gasteiger partial charge on any atom is 0.315 e. The number of carbonyl (C=O) groups is 1. The van der Waals surface area contributed by atoms with E-state index in [-0.39, 0.29) is 5.97 Å². The highest BCUT2D eigenvalue weighted by Crippen LogP contribution is 2.25. The van der Waals surface area contributed by atoms with Crippen LogP contribution in [0.5, 0.6) is 11.5 Å². The van der Waals surface area contributed by atoms with Crippen molar-refractivity contribution in [2.24, 2.45) is 0 Å². The molecule has 0 aliphatic carbocycles. The number of carbonyl (C=O) groups excluding carboxylic acids is 1. The van der Waals surface area contributed by atoms with Gasteiger partial charge in [-0.15, -0.1) is 11.8 Å². The Morgan fingerprint density at radius 3 is 2.26 bits per heavy atom. The molecule has 0 N–H and O–H groups in total. The van der Waals surface area contributed by atoms with E-state index in [0.29, 0.717) is 5.75 Å². The van der Waals surface area contributed by atoms with Crippen LogP contribution in [-0.4, -0.2) is 18.8 Å². The van der Waals surface area contributed by atoms with Crippen LogP contribution in [-0.2, 0) is 9.53 Å². The highest BCUT2D eigenvalue weighted by Gasteiger charge is 2.02. The Morgan fingerprint density at radius 1 is 1.00 bits per heavy atom. The van der Waals surface area contributed by atoms with Crippen molar-refractivity contribution in [3.8, 4) is 11.5 Å². The third kappa shape index (κ3) is 4.34. The molecular formula is C15H14O3S. The largest absolute Gasteiger partial charge is 0.468 e. The minimum atomic E-state index is -0.227. The Morgan fingerprint density at radius 2 is 1.63 bits per heavy atom. The van der Waals surface area contributed by atoms with Crippen LogP contribution >= 0.6 is 11.8 Å². The van der Waals surface area contributed by atoms with Gasteiger partial charge in [-0.05, 0) is 36.4 Å². The van der Waals surface area contributed by atoms with Gasteiger partial charge in [0.2, 0.25) is 0 Å². The first-order chi connectivity index (χ1) is 9.28. The van der Waals surface area contributed by atoms with E-state index in [4.69, 9.17) is 4.74 Å². The monoisotopic (exact) mass is 274 g/mol. The standard InChI is InChI=1S/C15H14O3S/c1-17-15(16)11-19-14-9-7-13(8-10-14)18-12-5-3-2-4-6-12/h2-10H,11H2,1H3. The molecule has 0 aliphatic heterocycles. The molecule has 2 aromatic carbocycles. The van der Waals surface area contributed by atoms with Gasteiger partial charge in [-0.25, -0.2) is 0 Å². The van der Waals surface area contributed by atoms with Crippen molar-refractivity contribution in [3.63, 3.8) is 0 Å². The van der Waals surface area contributed by atoms with Crippen molar-refractivity contribution in [2.45, 2.75) is 4.90 Å². The molecule has 2 aromatic rings. The third-order valence-electron chi connectivity index (χ3n) is 2.39. The van der Waals surface area contributed by atoms with Gasteiger partial charge in [0.25, 0.3) is 0 Å². The van der Waals surface area contributed by atoms with E-state index < -0.39 is 0 Å². The van der Waals surface area contributed by atoms with Gasteiger partial charge in [0.15, 0.2) is 0 Å². The summed E-state index contributed by atoms with van der Waals surface area (Å²) in [5, 5.41) is 0. The van der Waals surface area contributed by atoms with Gasteiger partial charge in [0.1, 0.15) is 11.5 Å². The van der Waals surface area contributed by atoms with E-state index >= 15 is 0 Å². The molecule has 0 amide bonds. The zero-order chi connectivity index (χ0) is 13.5. The van der Waals surface area contributed by atoms with Gasteiger partial charge in [-0.2, -0.15) is 0 Å². The Labute approximate surface area is 116 Å². The van der Waals surface area contributed by atoms with E-state index in [0.717, 1.165) is 16.4 Å². The third-order valence-corrected chi connectivity index (χ3v) is 3.37. The van der Waals surface area contributed by atoms with Crippen LogP contribution < -0.4 is 4.74 Å². The van der Waals surface area contributed by atoms with Crippen LogP contribution in [0, 0.1) is 0 Å². The second kappa shape index (κ2) is 6.85. The van der Waals surface area contributed by atoms with E-state index in [9.17, 15) is 4.79 Å². The van der Waals surface area contributed by atoms with Gasteiger partial charge in [-0.3, -0.25) is 4.79 Å². The smallest absolute Gasteiger partial charge is 0.315 e. The fourth-order valence-electron chi connectivity index (χ4n) is 1.43. The molecule has 0 bridgehead atoms. The van der Waals surface area contributed by atoms with Crippen molar-refractivity contribution in [2.75, 3.05) is 12.9 Å². The van der Waals surface area contributed by atoms with Crippen molar-refractivity contribution >= 4 is 17.7 Å². The van der Waals surface area contributed by atoms with Crippen LogP contribution in [0.25, 0.3) is 0 Å². The summed E-state index contributed by atoms with van der Waals surface area (Å²) in [5.74, 6) is 1.66. The summed E-state index contributed by atoms with van der Waals surface area (Å²) in [6.45, 7) is 0. The Balaban J connectivity index is 1.93. The molecule has 4 heteroatoms. The summed E-state index contributed by atoms with van der Waals surface area (Å²) >= 11 is 1.44. The molecule has 0 aromatic heterocycles. The van der Waals surface area contributed by atoms with Gasteiger partial charge < -0.3 is 9.47 Å². The van der Waals surface area contributed by atoms with E-state index in [1.807, 2.05) is 54.6 Å². The molecule has 0 spiro atoms. The summed E-state index contributed by atoms with van der Waals surface area (Å²) in [4.78, 5) is 12.0. The summed E-state index contributed by atoms with van der Waals surface area (Å²) in [7, 11) is 1.39. The quantitative estimate of drug-likeness (QED) is 0.614. The van der Waals surface area contributed by atoms with Crippen LogP contribution in [0.4, 0.5) is 0 Å². The Hall–Kier alpha value is -1.94. The first-order valence-corrected chi connectivity index (χ1v) is 6.79. The van der Waals surface area contributed by atoms with Gasteiger partial charge in [0.05, 0.1) is 12.9 Å². The topological polar surface area (TPSA) is 35.5 Å². The Bertz CT molecular complexity index is 523. The summed E-state index contributed by atoms with van der Waals surface area (Å²) < 4.78 is 10.3. The lowest BCUT2D eigenvalue weighted by Gasteiger charge is -2.06. The molecule has 2 rings (SSSR count). The number of hydrogen-bond acceptors (Lipinski definition) is 4. The molecule has 0 radical (unpaired) electrons. The average molecular weight is 274 g/mol. The second-order valence-electron chi connectivity index (χ2n) is 3.75. The van der Waals surface area contributed by atoms with E-state index in [1.165, 1.54) is 18.9 Å². The zero-order valence-electron chi connectivity index (χ0n) is 10.5. The summed E-state index contributed by atoms with van der Waals surface area (Å²) in [5.41, 5.74) is 0. The number of esters is 1. The molecule has 0 atom stereocenters. The van der Waals surface area contributed by atoms with E-state index in [2.05, 4.69) is 4.74 Å². The molecular weight excluding hydrogens is 260 g/mol. The van der Waals surface area contributed by atoms with E-state index in [1.54, 1.807) is 0 Å². The lowest BCUT2D eigenvalue weighted by molar-refractivity contribution is -0.137. The van der Waals surface area contributed by atoms with Gasteiger partial charge >= 0.3 is 5.97 Å². The fraction of sp³-hybridized carbons (Fsp3) is 0.133. The maximum atomic E-state index is 11.0. The fourth-order valence-corrected chi connectivity index (χ4v) is 2.16. The number of ether oxygens (including phenoxy) is 2. The number of methoxy groups -OCH3 is 1. The first-order valence-electron chi connectivity index (χ1n) is 5.80. The normalized spacial score (nSPS) is 9.95. The summed E-state index contributed by atoms with van der Waals surface area (Å²) in [6, 6.07) is 17.2. The zero-order valence-corrected chi connectivity index (χ0v) is 11.4. The number of benzene rings is 2. The van der Waals surface area contributed by atoms with Crippen molar-refractivity contribution in [1.29, 1.82) is 0 Å². The minimum absolute atomic E-state index is 0.227. The predicted molar refractivity (Wildman–Crippen MR) is 75.7 cm³/mol. The van der Waals surface area contributed by atoms with Crippen LogP contribution in [0.2, 0.25) is 0 Å². The number of thioether (sulfide) groups is 1. The molecule has 3 nitrogen and oxygen atoms in total. The summed E-state index contributed by atoms with van der Waals surface area (Å²) in [6.07, 6.45) is 0. The Kier molecular flexibility index (Phi) is 4.86. The minimum Gasteiger partial charge on any atom is -0.468 e. The number of rotatable bonds is 5. The SMILES string of the molecule is COC(=O)CSc1ccc(Oc2ccccc2)cc1. The average Bonchev–Trinajstić information content (AvgIpc) is 2.47. The number of para-hydroxylation sites is 1. The highest BCUT2D eigenvalue weighted by atomic mass is 32.2. The molecule has 0 aliphatic rings. The second-order valence-corrected chi connectivity index (χ2v) is 4.80. The molecule has 0 saturated carbocycles. The first kappa shape index (κ1) is 13.5. The van der Waals surface area contributed by atoms with Crippen molar-refractivity contribution < 1.29 is 14.3 Å². The van der Waals surface area contributed by atoms with Gasteiger partial charge in [-0.1, -0.05) is 18.2 Å².